The molecule has 0 bridgehead atoms. The molecule has 2 fully saturated rings. The van der Waals surface area contributed by atoms with E-state index in [9.17, 15) is 19.2 Å². The fourth-order valence-electron chi connectivity index (χ4n) is 4.26. The minimum absolute atomic E-state index is 0.116. The van der Waals surface area contributed by atoms with E-state index in [1.807, 2.05) is 6.92 Å². The summed E-state index contributed by atoms with van der Waals surface area (Å²) < 4.78 is 6.04. The second-order valence-corrected chi connectivity index (χ2v) is 10.3. The minimum atomic E-state index is -0.748. The van der Waals surface area contributed by atoms with Crippen LogP contribution in [0.25, 0.3) is 0 Å². The molecule has 3 amide bonds. The van der Waals surface area contributed by atoms with Crippen molar-refractivity contribution < 1.29 is 23.9 Å². The molecule has 2 aromatic carbocycles. The highest BCUT2D eigenvalue weighted by Crippen LogP contribution is 2.43. The van der Waals surface area contributed by atoms with Gasteiger partial charge in [-0.3, -0.25) is 19.3 Å². The number of imide groups is 1. The van der Waals surface area contributed by atoms with E-state index in [1.54, 1.807) is 30.3 Å². The summed E-state index contributed by atoms with van der Waals surface area (Å²) in [4.78, 5) is 51.7. The van der Waals surface area contributed by atoms with Crippen LogP contribution < -0.4 is 10.2 Å². The van der Waals surface area contributed by atoms with E-state index in [-0.39, 0.29) is 33.8 Å². The van der Waals surface area contributed by atoms with Crippen LogP contribution in [0.15, 0.2) is 46.9 Å². The molecule has 0 unspecified atom stereocenters. The number of anilines is 2. The van der Waals surface area contributed by atoms with Crippen LogP contribution in [0.5, 0.6) is 0 Å². The summed E-state index contributed by atoms with van der Waals surface area (Å²) in [5, 5.41) is 1.90. The molecule has 0 aromatic heterocycles. The van der Waals surface area contributed by atoms with Gasteiger partial charge in [0.15, 0.2) is 6.61 Å². The summed E-state index contributed by atoms with van der Waals surface area (Å²) >= 11 is 15.8. The highest BCUT2D eigenvalue weighted by molar-refractivity contribution is 9.10. The zero-order chi connectivity index (χ0) is 24.6. The van der Waals surface area contributed by atoms with Gasteiger partial charge in [-0.05, 0) is 61.7 Å². The van der Waals surface area contributed by atoms with Gasteiger partial charge in [0.2, 0.25) is 11.8 Å². The lowest BCUT2D eigenvalue weighted by atomic mass is 9.80. The average molecular weight is 568 g/mol. The first-order chi connectivity index (χ1) is 16.2. The van der Waals surface area contributed by atoms with Crippen LogP contribution in [-0.2, 0) is 19.1 Å². The third-order valence-corrected chi connectivity index (χ3v) is 8.01. The summed E-state index contributed by atoms with van der Waals surface area (Å²) in [7, 11) is 0. The van der Waals surface area contributed by atoms with Crippen molar-refractivity contribution in [2.24, 2.45) is 11.8 Å². The number of fused-ring (bicyclic) bond motifs is 1. The predicted molar refractivity (Wildman–Crippen MR) is 132 cm³/mol. The van der Waals surface area contributed by atoms with Crippen molar-refractivity contribution in [1.29, 1.82) is 0 Å². The largest absolute Gasteiger partial charge is 0.452 e. The number of benzene rings is 2. The van der Waals surface area contributed by atoms with Crippen molar-refractivity contribution in [3.05, 3.63) is 58.1 Å². The Hall–Kier alpha value is -2.42. The number of rotatable bonds is 5. The molecule has 1 saturated carbocycles. The van der Waals surface area contributed by atoms with Crippen molar-refractivity contribution in [2.75, 3.05) is 16.8 Å². The second kappa shape index (κ2) is 10.1. The zero-order valence-electron chi connectivity index (χ0n) is 18.1. The number of hydrogen-bond acceptors (Lipinski definition) is 5. The van der Waals surface area contributed by atoms with E-state index in [0.29, 0.717) is 18.5 Å². The van der Waals surface area contributed by atoms with E-state index in [0.717, 1.165) is 14.9 Å². The van der Waals surface area contributed by atoms with Crippen molar-refractivity contribution >= 4 is 74.2 Å². The summed E-state index contributed by atoms with van der Waals surface area (Å²) in [6, 6.07) is 11.3. The zero-order valence-corrected chi connectivity index (χ0v) is 21.2. The van der Waals surface area contributed by atoms with E-state index in [1.165, 1.54) is 12.1 Å². The van der Waals surface area contributed by atoms with E-state index in [2.05, 4.69) is 21.2 Å². The van der Waals surface area contributed by atoms with Crippen LogP contribution in [0.3, 0.4) is 0 Å². The molecule has 0 spiro atoms. The van der Waals surface area contributed by atoms with E-state index < -0.39 is 30.3 Å². The van der Waals surface area contributed by atoms with Gasteiger partial charge in [0, 0.05) is 10.2 Å². The Labute approximate surface area is 214 Å². The molecule has 2 aliphatic rings. The molecular formula is C24H21BrCl2N2O5. The number of hydrogen-bond donors (Lipinski definition) is 1. The van der Waals surface area contributed by atoms with Gasteiger partial charge in [-0.2, -0.15) is 0 Å². The summed E-state index contributed by atoms with van der Waals surface area (Å²) in [5.74, 6) is -2.98. The SMILES string of the molecule is Cc1cc(NC(=O)COC(=O)c2cccc(N3C(=O)[C@H]4C[C@@H](Cl)[C@@H](Cl)C[C@H]4C3=O)c2)ccc1Br. The number of nitrogens with zero attached hydrogens (tertiary/aromatic N) is 1. The molecule has 0 radical (unpaired) electrons. The Bertz CT molecular complexity index is 1150. The lowest BCUT2D eigenvalue weighted by Gasteiger charge is -2.28. The third kappa shape index (κ3) is 4.99. The Morgan fingerprint density at radius 1 is 1.06 bits per heavy atom. The number of esters is 1. The molecule has 2 aromatic rings. The van der Waals surface area contributed by atoms with Crippen molar-refractivity contribution in [3.63, 3.8) is 0 Å². The quantitative estimate of drug-likeness (QED) is 0.322. The number of amides is 3. The van der Waals surface area contributed by atoms with E-state index >= 15 is 0 Å². The van der Waals surface area contributed by atoms with Gasteiger partial charge in [0.1, 0.15) is 0 Å². The molecule has 34 heavy (non-hydrogen) atoms. The molecule has 1 aliphatic heterocycles. The smallest absolute Gasteiger partial charge is 0.338 e. The maximum atomic E-state index is 12.9. The predicted octanol–water partition coefficient (Wildman–Crippen LogP) is 4.67. The van der Waals surface area contributed by atoms with Crippen LogP contribution in [0.1, 0.15) is 28.8 Å². The summed E-state index contributed by atoms with van der Waals surface area (Å²) in [6.07, 6.45) is 0.659. The highest BCUT2D eigenvalue weighted by Gasteiger charge is 2.52. The topological polar surface area (TPSA) is 92.8 Å². The van der Waals surface area contributed by atoms with Crippen LogP contribution in [0.2, 0.25) is 0 Å². The van der Waals surface area contributed by atoms with Crippen molar-refractivity contribution in [3.8, 4) is 0 Å². The molecule has 1 aliphatic carbocycles. The molecule has 4 rings (SSSR count). The Morgan fingerprint density at radius 3 is 2.32 bits per heavy atom. The lowest BCUT2D eigenvalue weighted by Crippen LogP contribution is -2.34. The number of carbonyl (C=O) groups excluding carboxylic acids is 4. The first kappa shape index (κ1) is 24.7. The van der Waals surface area contributed by atoms with Gasteiger partial charge in [0.25, 0.3) is 5.91 Å². The summed E-state index contributed by atoms with van der Waals surface area (Å²) in [6.45, 7) is 1.40. The number of halogens is 3. The highest BCUT2D eigenvalue weighted by atomic mass is 79.9. The fourth-order valence-corrected chi connectivity index (χ4v) is 5.09. The van der Waals surface area contributed by atoms with Crippen LogP contribution in [0, 0.1) is 18.8 Å². The van der Waals surface area contributed by atoms with Gasteiger partial charge < -0.3 is 10.1 Å². The third-order valence-electron chi connectivity index (χ3n) is 6.03. The minimum Gasteiger partial charge on any atom is -0.452 e. The Balaban J connectivity index is 1.41. The van der Waals surface area contributed by atoms with Crippen LogP contribution in [0.4, 0.5) is 11.4 Å². The first-order valence-electron chi connectivity index (χ1n) is 10.6. The number of ether oxygens (including phenoxy) is 1. The number of aryl methyl sites for hydroxylation is 1. The molecule has 1 saturated heterocycles. The Kier molecular flexibility index (Phi) is 7.31. The van der Waals surface area contributed by atoms with Crippen LogP contribution >= 0.6 is 39.1 Å². The van der Waals surface area contributed by atoms with Gasteiger partial charge in [-0.15, -0.1) is 23.2 Å². The van der Waals surface area contributed by atoms with Crippen LogP contribution in [-0.4, -0.2) is 41.1 Å². The maximum Gasteiger partial charge on any atom is 0.338 e. The van der Waals surface area contributed by atoms with Gasteiger partial charge >= 0.3 is 5.97 Å². The standard InChI is InChI=1S/C24H21BrCl2N2O5/c1-12-7-14(5-6-18(12)25)28-21(30)11-34-24(33)13-3-2-4-15(8-13)29-22(31)16-9-19(26)20(27)10-17(16)23(29)32/h2-8,16-17,19-20H,9-11H2,1H3,(H,28,30)/t16-,17+,19+,20-. The normalized spacial score (nSPS) is 24.1. The van der Waals surface area contributed by atoms with Crippen molar-refractivity contribution in [2.45, 2.75) is 30.5 Å². The molecule has 1 heterocycles. The Morgan fingerprint density at radius 2 is 1.71 bits per heavy atom. The molecule has 7 nitrogen and oxygen atoms in total. The molecule has 1 N–H and O–H groups in total. The van der Waals surface area contributed by atoms with E-state index in [4.69, 9.17) is 27.9 Å². The molecule has 4 atom stereocenters. The fraction of sp³-hybridized carbons (Fsp3) is 0.333. The number of alkyl halides is 2. The lowest BCUT2D eigenvalue weighted by molar-refractivity contribution is -0.122. The second-order valence-electron chi connectivity index (χ2n) is 8.37. The van der Waals surface area contributed by atoms with Gasteiger partial charge in [-0.25, -0.2) is 4.79 Å². The number of nitrogens with one attached hydrogen (secondary N) is 1. The monoisotopic (exact) mass is 566 g/mol. The van der Waals surface area contributed by atoms with Gasteiger partial charge in [0.05, 0.1) is 33.8 Å². The number of carbonyl (C=O) groups is 4. The first-order valence-corrected chi connectivity index (χ1v) is 12.3. The molecule has 178 valence electrons. The molecular weight excluding hydrogens is 547 g/mol. The summed E-state index contributed by atoms with van der Waals surface area (Å²) in [5.41, 5.74) is 1.91. The maximum absolute atomic E-state index is 12.9. The van der Waals surface area contributed by atoms with Crippen molar-refractivity contribution in [1.82, 2.24) is 0 Å². The van der Waals surface area contributed by atoms with Gasteiger partial charge in [-0.1, -0.05) is 22.0 Å². The molecule has 10 heteroatoms. The average Bonchev–Trinajstić information content (AvgIpc) is 3.04.